The zero-order valence-corrected chi connectivity index (χ0v) is 8.45. The van der Waals surface area contributed by atoms with Gasteiger partial charge in [-0.2, -0.15) is 5.10 Å². The Balaban J connectivity index is 2.60. The highest BCUT2D eigenvalue weighted by Crippen LogP contribution is 1.97. The molecular formula is C6H11N5O2S. The van der Waals surface area contributed by atoms with Crippen LogP contribution < -0.4 is 10.0 Å². The van der Waals surface area contributed by atoms with Crippen LogP contribution in [0, 0.1) is 0 Å². The van der Waals surface area contributed by atoms with Gasteiger partial charge in [0.25, 0.3) is 5.95 Å². The lowest BCUT2D eigenvalue weighted by molar-refractivity contribution is 0.598. The molecule has 7 nitrogen and oxygen atoms in total. The van der Waals surface area contributed by atoms with Gasteiger partial charge >= 0.3 is 0 Å². The van der Waals surface area contributed by atoms with Crippen molar-refractivity contribution >= 4 is 16.0 Å². The Hall–Kier alpha value is -1.28. The highest BCUT2D eigenvalue weighted by molar-refractivity contribution is 7.92. The summed E-state index contributed by atoms with van der Waals surface area (Å²) in [4.78, 5) is 3.69. The van der Waals surface area contributed by atoms with Crippen molar-refractivity contribution in [2.24, 2.45) is 0 Å². The van der Waals surface area contributed by atoms with E-state index in [2.05, 4.69) is 25.2 Å². The summed E-state index contributed by atoms with van der Waals surface area (Å²) in [7, 11) is -1.70. The van der Waals surface area contributed by atoms with Crippen LogP contribution in [0.1, 0.15) is 0 Å². The van der Waals surface area contributed by atoms with E-state index in [4.69, 9.17) is 0 Å². The first-order valence-electron chi connectivity index (χ1n) is 3.93. The van der Waals surface area contributed by atoms with Gasteiger partial charge in [0.05, 0.1) is 18.1 Å². The molecule has 0 atom stereocenters. The molecule has 8 heteroatoms. The Morgan fingerprint density at radius 3 is 2.79 bits per heavy atom. The number of hydrogen-bond donors (Lipinski definition) is 2. The van der Waals surface area contributed by atoms with Gasteiger partial charge in [-0.3, -0.25) is 0 Å². The van der Waals surface area contributed by atoms with E-state index in [0.29, 0.717) is 6.54 Å². The first-order chi connectivity index (χ1) is 6.64. The Morgan fingerprint density at radius 2 is 2.21 bits per heavy atom. The molecule has 1 heterocycles. The number of nitrogens with one attached hydrogen (secondary N) is 2. The largest absolute Gasteiger partial charge is 0.319 e. The molecule has 0 aliphatic carbocycles. The van der Waals surface area contributed by atoms with Crippen LogP contribution in [0.15, 0.2) is 12.4 Å². The number of aromatic nitrogens is 3. The first kappa shape index (κ1) is 10.8. The Kier molecular flexibility index (Phi) is 3.72. The third kappa shape index (κ3) is 3.62. The summed E-state index contributed by atoms with van der Waals surface area (Å²) in [5.74, 6) is -0.0366. The third-order valence-electron chi connectivity index (χ3n) is 1.35. The molecule has 1 aromatic rings. The molecule has 0 bridgehead atoms. The van der Waals surface area contributed by atoms with Crippen molar-refractivity contribution in [1.82, 2.24) is 20.5 Å². The van der Waals surface area contributed by atoms with Crippen molar-refractivity contribution in [3.05, 3.63) is 12.4 Å². The van der Waals surface area contributed by atoms with Gasteiger partial charge in [-0.15, -0.1) is 5.10 Å². The van der Waals surface area contributed by atoms with Gasteiger partial charge in [0.1, 0.15) is 0 Å². The molecule has 14 heavy (non-hydrogen) atoms. The molecule has 0 aliphatic rings. The number of anilines is 1. The van der Waals surface area contributed by atoms with E-state index in [1.54, 1.807) is 7.05 Å². The topological polar surface area (TPSA) is 96.9 Å². The molecular weight excluding hydrogens is 206 g/mol. The Labute approximate surface area is 82.0 Å². The highest BCUT2D eigenvalue weighted by atomic mass is 32.2. The molecule has 0 unspecified atom stereocenters. The molecule has 78 valence electrons. The zero-order chi connectivity index (χ0) is 10.4. The maximum absolute atomic E-state index is 11.3. The Bertz CT molecular complexity index is 365. The lowest BCUT2D eigenvalue weighted by atomic mass is 10.8. The van der Waals surface area contributed by atoms with Crippen molar-refractivity contribution in [2.75, 3.05) is 24.1 Å². The molecule has 1 aromatic heterocycles. The summed E-state index contributed by atoms with van der Waals surface area (Å²) in [5.41, 5.74) is 0. The van der Waals surface area contributed by atoms with Gasteiger partial charge < -0.3 is 5.32 Å². The van der Waals surface area contributed by atoms with Crippen LogP contribution in [0.5, 0.6) is 0 Å². The Morgan fingerprint density at radius 1 is 1.43 bits per heavy atom. The van der Waals surface area contributed by atoms with Gasteiger partial charge in [0.15, 0.2) is 0 Å². The SMILES string of the molecule is CNCCS(=O)(=O)Nc1nccnn1. The van der Waals surface area contributed by atoms with Gasteiger partial charge in [-0.05, 0) is 7.05 Å². The van der Waals surface area contributed by atoms with E-state index in [-0.39, 0.29) is 11.7 Å². The fraction of sp³-hybridized carbons (Fsp3) is 0.500. The fourth-order valence-corrected chi connectivity index (χ4v) is 1.67. The van der Waals surface area contributed by atoms with Crippen LogP contribution in [0.2, 0.25) is 0 Å². The predicted molar refractivity (Wildman–Crippen MR) is 51.2 cm³/mol. The normalized spacial score (nSPS) is 11.2. The molecule has 0 fully saturated rings. The van der Waals surface area contributed by atoms with Crippen molar-refractivity contribution in [3.8, 4) is 0 Å². The maximum atomic E-state index is 11.3. The van der Waals surface area contributed by atoms with Crippen LogP contribution in [-0.4, -0.2) is 42.9 Å². The number of sulfonamides is 1. The molecule has 0 amide bonds. The van der Waals surface area contributed by atoms with E-state index < -0.39 is 10.0 Å². The van der Waals surface area contributed by atoms with Crippen LogP contribution in [-0.2, 0) is 10.0 Å². The van der Waals surface area contributed by atoms with Gasteiger partial charge in [-0.1, -0.05) is 0 Å². The second-order valence-corrected chi connectivity index (χ2v) is 4.33. The molecule has 0 saturated heterocycles. The van der Waals surface area contributed by atoms with Gasteiger partial charge in [-0.25, -0.2) is 18.1 Å². The van der Waals surface area contributed by atoms with Crippen LogP contribution >= 0.6 is 0 Å². The molecule has 2 N–H and O–H groups in total. The third-order valence-corrected chi connectivity index (χ3v) is 2.59. The van der Waals surface area contributed by atoms with E-state index in [0.717, 1.165) is 0 Å². The second kappa shape index (κ2) is 4.82. The fourth-order valence-electron chi connectivity index (χ4n) is 0.721. The van der Waals surface area contributed by atoms with Crippen LogP contribution in [0.25, 0.3) is 0 Å². The summed E-state index contributed by atoms with van der Waals surface area (Å²) >= 11 is 0. The van der Waals surface area contributed by atoms with Crippen molar-refractivity contribution < 1.29 is 8.42 Å². The van der Waals surface area contributed by atoms with Crippen LogP contribution in [0.4, 0.5) is 5.95 Å². The number of rotatable bonds is 5. The summed E-state index contributed by atoms with van der Waals surface area (Å²) in [6.07, 6.45) is 2.73. The van der Waals surface area contributed by atoms with Crippen molar-refractivity contribution in [3.63, 3.8) is 0 Å². The highest BCUT2D eigenvalue weighted by Gasteiger charge is 2.10. The molecule has 0 spiro atoms. The quantitative estimate of drug-likeness (QED) is 0.645. The molecule has 0 aliphatic heterocycles. The molecule has 0 saturated carbocycles. The average Bonchev–Trinajstić information content (AvgIpc) is 2.16. The lowest BCUT2D eigenvalue weighted by Gasteiger charge is -2.04. The number of hydrogen-bond acceptors (Lipinski definition) is 6. The minimum absolute atomic E-state index is 0.0106. The van der Waals surface area contributed by atoms with E-state index in [1.807, 2.05) is 0 Å². The monoisotopic (exact) mass is 217 g/mol. The van der Waals surface area contributed by atoms with Crippen LogP contribution in [0.3, 0.4) is 0 Å². The van der Waals surface area contributed by atoms with Crippen molar-refractivity contribution in [1.29, 1.82) is 0 Å². The molecule has 0 radical (unpaired) electrons. The maximum Gasteiger partial charge on any atom is 0.256 e. The van der Waals surface area contributed by atoms with E-state index >= 15 is 0 Å². The average molecular weight is 217 g/mol. The standard InChI is InChI=1S/C6H11N5O2S/c1-7-4-5-14(12,13)11-6-8-2-3-9-10-6/h2-3,7H,4-5H2,1H3,(H,8,10,11). The molecule has 0 aromatic carbocycles. The smallest absolute Gasteiger partial charge is 0.256 e. The van der Waals surface area contributed by atoms with Gasteiger partial charge in [0.2, 0.25) is 10.0 Å². The first-order valence-corrected chi connectivity index (χ1v) is 5.58. The summed E-state index contributed by atoms with van der Waals surface area (Å²) in [6.45, 7) is 0.371. The zero-order valence-electron chi connectivity index (χ0n) is 7.64. The second-order valence-electron chi connectivity index (χ2n) is 2.49. The summed E-state index contributed by atoms with van der Waals surface area (Å²) < 4.78 is 24.8. The summed E-state index contributed by atoms with van der Waals surface area (Å²) in [6, 6.07) is 0. The van der Waals surface area contributed by atoms with Gasteiger partial charge in [0, 0.05) is 6.54 Å². The lowest BCUT2D eigenvalue weighted by Crippen LogP contribution is -2.25. The minimum atomic E-state index is -3.37. The number of nitrogens with zero attached hydrogens (tertiary/aromatic N) is 3. The van der Waals surface area contributed by atoms with E-state index in [9.17, 15) is 8.42 Å². The van der Waals surface area contributed by atoms with Crippen molar-refractivity contribution in [2.45, 2.75) is 0 Å². The predicted octanol–water partition coefficient (Wildman–Crippen LogP) is -1.17. The minimum Gasteiger partial charge on any atom is -0.319 e. The summed E-state index contributed by atoms with van der Waals surface area (Å²) in [5, 5.41) is 9.73. The van der Waals surface area contributed by atoms with E-state index in [1.165, 1.54) is 12.4 Å². The molecule has 1 rings (SSSR count).